The summed E-state index contributed by atoms with van der Waals surface area (Å²) in [4.78, 5) is 10.5. The van der Waals surface area contributed by atoms with Crippen LogP contribution in [-0.4, -0.2) is 19.1 Å². The first-order chi connectivity index (χ1) is 25.8. The van der Waals surface area contributed by atoms with Crippen LogP contribution in [0, 0.1) is 0 Å². The Bertz CT molecular complexity index is 3160. The smallest absolute Gasteiger partial charge is 0.235 e. The number of fused-ring (bicyclic) bond motifs is 10. The number of nitrogens with zero attached hydrogens (tertiary/aromatic N) is 4. The number of rotatable bonds is 4. The molecule has 4 heteroatoms. The molecule has 0 fully saturated rings. The van der Waals surface area contributed by atoms with Crippen LogP contribution in [0.1, 0.15) is 0 Å². The minimum atomic E-state index is 0.664. The van der Waals surface area contributed by atoms with E-state index in [0.29, 0.717) is 5.95 Å². The lowest BCUT2D eigenvalue weighted by atomic mass is 10.0. The fourth-order valence-electron chi connectivity index (χ4n) is 8.23. The van der Waals surface area contributed by atoms with Crippen molar-refractivity contribution in [2.24, 2.45) is 0 Å². The molecular formula is C48H30N4. The average molecular weight is 663 g/mol. The summed E-state index contributed by atoms with van der Waals surface area (Å²) in [6, 6.07) is 64.8. The van der Waals surface area contributed by atoms with E-state index in [2.05, 4.69) is 179 Å². The Kier molecular flexibility index (Phi) is 6.22. The summed E-state index contributed by atoms with van der Waals surface area (Å²) in [5.41, 5.74) is 11.0. The molecule has 0 saturated heterocycles. The van der Waals surface area contributed by atoms with E-state index in [4.69, 9.17) is 9.97 Å². The highest BCUT2D eigenvalue weighted by Crippen LogP contribution is 2.42. The van der Waals surface area contributed by atoms with Crippen LogP contribution in [0.5, 0.6) is 0 Å². The molecule has 0 radical (unpaired) electrons. The van der Waals surface area contributed by atoms with Crippen molar-refractivity contribution in [3.8, 4) is 34.0 Å². The second-order valence-electron chi connectivity index (χ2n) is 13.4. The Labute approximate surface area is 299 Å². The first kappa shape index (κ1) is 28.8. The maximum absolute atomic E-state index is 5.30. The molecule has 0 bridgehead atoms. The van der Waals surface area contributed by atoms with Gasteiger partial charge in [-0.05, 0) is 52.9 Å². The molecule has 4 nitrogen and oxygen atoms in total. The van der Waals surface area contributed by atoms with Crippen molar-refractivity contribution in [2.45, 2.75) is 0 Å². The molecule has 0 spiro atoms. The van der Waals surface area contributed by atoms with Gasteiger partial charge >= 0.3 is 0 Å². The van der Waals surface area contributed by atoms with Gasteiger partial charge in [0.25, 0.3) is 0 Å². The first-order valence-electron chi connectivity index (χ1n) is 17.7. The Morgan fingerprint density at radius 3 is 1.65 bits per heavy atom. The van der Waals surface area contributed by atoms with Gasteiger partial charge < -0.3 is 4.57 Å². The maximum atomic E-state index is 5.30. The van der Waals surface area contributed by atoms with Crippen LogP contribution in [0.4, 0.5) is 0 Å². The molecule has 0 aliphatic rings. The van der Waals surface area contributed by atoms with Crippen LogP contribution in [-0.2, 0) is 0 Å². The molecular weight excluding hydrogens is 633 g/mol. The third kappa shape index (κ3) is 4.21. The summed E-state index contributed by atoms with van der Waals surface area (Å²) in [6.07, 6.45) is 0. The highest BCUT2D eigenvalue weighted by Gasteiger charge is 2.21. The van der Waals surface area contributed by atoms with Gasteiger partial charge in [-0.15, -0.1) is 0 Å². The molecule has 8 aromatic carbocycles. The lowest BCUT2D eigenvalue weighted by molar-refractivity contribution is 1.01. The van der Waals surface area contributed by atoms with E-state index in [9.17, 15) is 0 Å². The molecule has 242 valence electrons. The molecule has 3 aromatic heterocycles. The van der Waals surface area contributed by atoms with Crippen molar-refractivity contribution in [3.63, 3.8) is 0 Å². The number of hydrogen-bond donors (Lipinski definition) is 0. The minimum absolute atomic E-state index is 0.664. The summed E-state index contributed by atoms with van der Waals surface area (Å²) >= 11 is 0. The zero-order valence-electron chi connectivity index (χ0n) is 28.1. The third-order valence-corrected chi connectivity index (χ3v) is 10.5. The molecule has 0 N–H and O–H groups in total. The SMILES string of the molecule is c1ccc(-c2ccc(-n3c4ccccc4c4ccc5c(ccc6c5c5ccccc5n6-c5nc(-c6ccccc6)c6ccccc6n5)c43)cc2)cc1. The molecule has 0 aliphatic heterocycles. The third-order valence-electron chi connectivity index (χ3n) is 10.5. The normalized spacial score (nSPS) is 11.8. The number of benzene rings is 8. The van der Waals surface area contributed by atoms with Gasteiger partial charge in [-0.2, -0.15) is 0 Å². The maximum Gasteiger partial charge on any atom is 0.235 e. The summed E-state index contributed by atoms with van der Waals surface area (Å²) in [7, 11) is 0. The summed E-state index contributed by atoms with van der Waals surface area (Å²) < 4.78 is 4.68. The van der Waals surface area contributed by atoms with Gasteiger partial charge in [-0.1, -0.05) is 146 Å². The van der Waals surface area contributed by atoms with Crippen molar-refractivity contribution in [3.05, 3.63) is 182 Å². The van der Waals surface area contributed by atoms with Crippen molar-refractivity contribution in [1.29, 1.82) is 0 Å². The fourth-order valence-corrected chi connectivity index (χ4v) is 8.23. The quantitative estimate of drug-likeness (QED) is 0.188. The van der Waals surface area contributed by atoms with Gasteiger partial charge in [0.05, 0.1) is 33.3 Å². The summed E-state index contributed by atoms with van der Waals surface area (Å²) in [6.45, 7) is 0. The second kappa shape index (κ2) is 11.2. The van der Waals surface area contributed by atoms with Crippen molar-refractivity contribution >= 4 is 65.3 Å². The van der Waals surface area contributed by atoms with E-state index in [1.807, 2.05) is 12.1 Å². The molecule has 11 aromatic rings. The van der Waals surface area contributed by atoms with Crippen LogP contribution in [0.25, 0.3) is 99.3 Å². The number of para-hydroxylation sites is 3. The van der Waals surface area contributed by atoms with E-state index in [-0.39, 0.29) is 0 Å². The van der Waals surface area contributed by atoms with Gasteiger partial charge in [0.1, 0.15) is 0 Å². The van der Waals surface area contributed by atoms with Crippen LogP contribution < -0.4 is 0 Å². The topological polar surface area (TPSA) is 35.6 Å². The number of hydrogen-bond acceptors (Lipinski definition) is 2. The van der Waals surface area contributed by atoms with Crippen molar-refractivity contribution in [2.75, 3.05) is 0 Å². The van der Waals surface area contributed by atoms with Crippen molar-refractivity contribution < 1.29 is 0 Å². The standard InChI is InChI=1S/C48H30N4/c1-3-13-31(14-4-1)32-23-25-34(26-24-32)51-42-21-11-8-17-35(42)37-28-27-36-38(47(37)51)29-30-44-45(36)40-19-9-12-22-43(40)52(44)48-49-41-20-10-7-18-39(41)46(50-48)33-15-5-2-6-16-33/h1-30H. The zero-order valence-corrected chi connectivity index (χ0v) is 28.1. The molecule has 0 amide bonds. The van der Waals surface area contributed by atoms with Crippen LogP contribution in [0.3, 0.4) is 0 Å². The molecule has 11 rings (SSSR count). The Morgan fingerprint density at radius 2 is 0.885 bits per heavy atom. The summed E-state index contributed by atoms with van der Waals surface area (Å²) in [5.74, 6) is 0.664. The van der Waals surface area contributed by atoms with E-state index < -0.39 is 0 Å². The largest absolute Gasteiger partial charge is 0.309 e. The lowest BCUT2D eigenvalue weighted by Crippen LogP contribution is -2.03. The Balaban J connectivity index is 1.20. The highest BCUT2D eigenvalue weighted by molar-refractivity contribution is 6.28. The van der Waals surface area contributed by atoms with E-state index in [1.165, 1.54) is 54.5 Å². The van der Waals surface area contributed by atoms with Gasteiger partial charge in [-0.3, -0.25) is 4.57 Å². The first-order valence-corrected chi connectivity index (χ1v) is 17.7. The Hall–Kier alpha value is -7.04. The van der Waals surface area contributed by atoms with Crippen LogP contribution in [0.2, 0.25) is 0 Å². The predicted octanol–water partition coefficient (Wildman–Crippen LogP) is 12.3. The fraction of sp³-hybridized carbons (Fsp3) is 0. The second-order valence-corrected chi connectivity index (χ2v) is 13.4. The van der Waals surface area contributed by atoms with Crippen LogP contribution >= 0.6 is 0 Å². The van der Waals surface area contributed by atoms with E-state index >= 15 is 0 Å². The molecule has 0 atom stereocenters. The zero-order chi connectivity index (χ0) is 34.2. The predicted molar refractivity (Wildman–Crippen MR) is 217 cm³/mol. The van der Waals surface area contributed by atoms with Crippen molar-refractivity contribution in [1.82, 2.24) is 19.1 Å². The number of aromatic nitrogens is 4. The van der Waals surface area contributed by atoms with Gasteiger partial charge in [-0.25, -0.2) is 9.97 Å². The molecule has 52 heavy (non-hydrogen) atoms. The molecule has 3 heterocycles. The van der Waals surface area contributed by atoms with Gasteiger partial charge in [0, 0.05) is 43.6 Å². The van der Waals surface area contributed by atoms with Gasteiger partial charge in [0.2, 0.25) is 5.95 Å². The minimum Gasteiger partial charge on any atom is -0.309 e. The average Bonchev–Trinajstić information content (AvgIpc) is 3.75. The monoisotopic (exact) mass is 662 g/mol. The molecule has 0 unspecified atom stereocenters. The molecule has 0 aliphatic carbocycles. The summed E-state index contributed by atoms with van der Waals surface area (Å²) in [5, 5.41) is 8.31. The van der Waals surface area contributed by atoms with E-state index in [1.54, 1.807) is 0 Å². The Morgan fingerprint density at radius 1 is 0.327 bits per heavy atom. The molecule has 0 saturated carbocycles. The highest BCUT2D eigenvalue weighted by atomic mass is 15.2. The lowest BCUT2D eigenvalue weighted by Gasteiger charge is -2.13. The van der Waals surface area contributed by atoms with Gasteiger partial charge in [0.15, 0.2) is 0 Å². The van der Waals surface area contributed by atoms with Crippen LogP contribution in [0.15, 0.2) is 182 Å². The van der Waals surface area contributed by atoms with E-state index in [0.717, 1.165) is 38.9 Å².